The zero-order valence-electron chi connectivity index (χ0n) is 15.6. The number of fused-ring (bicyclic) bond motifs is 1. The number of carbonyl (C=O) groups is 1. The van der Waals surface area contributed by atoms with Crippen LogP contribution in [0.2, 0.25) is 0 Å². The van der Waals surface area contributed by atoms with Gasteiger partial charge in [0.05, 0.1) is 13.7 Å². The standard InChI is InChI=1S/C19H20BrFN2O4S/c1-12-8-13-9-14(20)4-6-16(13)23(12)19(24)11-22(2)28(25,26)18-10-15(21)5-7-17(18)27-3/h4-7,9-10,12H,8,11H2,1-3H3/t12-/m1/s1. The molecule has 0 spiro atoms. The van der Waals surface area contributed by atoms with Crippen LogP contribution < -0.4 is 9.64 Å². The predicted molar refractivity (Wildman–Crippen MR) is 108 cm³/mol. The number of sulfonamides is 1. The van der Waals surface area contributed by atoms with Gasteiger partial charge in [-0.15, -0.1) is 0 Å². The highest BCUT2D eigenvalue weighted by molar-refractivity contribution is 9.10. The van der Waals surface area contributed by atoms with Gasteiger partial charge in [0.2, 0.25) is 15.9 Å². The normalized spacial score (nSPS) is 16.4. The third kappa shape index (κ3) is 3.78. The fourth-order valence-corrected chi connectivity index (χ4v) is 5.04. The number of methoxy groups -OCH3 is 1. The average Bonchev–Trinajstić information content (AvgIpc) is 2.96. The molecule has 2 aromatic rings. The minimum atomic E-state index is -4.12. The highest BCUT2D eigenvalue weighted by Crippen LogP contribution is 2.34. The van der Waals surface area contributed by atoms with Crippen LogP contribution in [-0.2, 0) is 21.2 Å². The van der Waals surface area contributed by atoms with Crippen molar-refractivity contribution in [3.63, 3.8) is 0 Å². The molecule has 0 unspecified atom stereocenters. The third-order valence-corrected chi connectivity index (χ3v) is 7.02. The summed E-state index contributed by atoms with van der Waals surface area (Å²) in [7, 11) is -1.52. The van der Waals surface area contributed by atoms with E-state index in [1.807, 2.05) is 25.1 Å². The first-order valence-electron chi connectivity index (χ1n) is 8.55. The molecule has 9 heteroatoms. The summed E-state index contributed by atoms with van der Waals surface area (Å²) >= 11 is 3.42. The molecule has 0 saturated carbocycles. The van der Waals surface area contributed by atoms with Crippen LogP contribution in [0, 0.1) is 5.82 Å². The van der Waals surface area contributed by atoms with Crippen LogP contribution in [0.1, 0.15) is 12.5 Å². The second-order valence-corrected chi connectivity index (χ2v) is 9.58. The van der Waals surface area contributed by atoms with E-state index >= 15 is 0 Å². The van der Waals surface area contributed by atoms with E-state index in [4.69, 9.17) is 4.74 Å². The van der Waals surface area contributed by atoms with Crippen LogP contribution in [-0.4, -0.2) is 45.4 Å². The van der Waals surface area contributed by atoms with Crippen molar-refractivity contribution in [2.45, 2.75) is 24.3 Å². The van der Waals surface area contributed by atoms with Gasteiger partial charge in [-0.25, -0.2) is 12.8 Å². The van der Waals surface area contributed by atoms with Crippen molar-refractivity contribution in [2.24, 2.45) is 0 Å². The summed E-state index contributed by atoms with van der Waals surface area (Å²) in [5.74, 6) is -1.03. The molecule has 0 fully saturated rings. The Hall–Kier alpha value is -1.97. The van der Waals surface area contributed by atoms with Crippen LogP contribution in [0.25, 0.3) is 0 Å². The second kappa shape index (κ2) is 7.81. The van der Waals surface area contributed by atoms with Crippen molar-refractivity contribution in [3.05, 3.63) is 52.3 Å². The van der Waals surface area contributed by atoms with Gasteiger partial charge in [0, 0.05) is 23.2 Å². The van der Waals surface area contributed by atoms with E-state index in [0.717, 1.165) is 32.2 Å². The van der Waals surface area contributed by atoms with Gasteiger partial charge in [0.1, 0.15) is 16.5 Å². The minimum Gasteiger partial charge on any atom is -0.495 e. The van der Waals surface area contributed by atoms with Crippen LogP contribution >= 0.6 is 15.9 Å². The van der Waals surface area contributed by atoms with Crippen molar-refractivity contribution < 1.29 is 22.3 Å². The molecule has 1 aliphatic rings. The van der Waals surface area contributed by atoms with Crippen molar-refractivity contribution in [1.29, 1.82) is 0 Å². The van der Waals surface area contributed by atoms with Gasteiger partial charge < -0.3 is 9.64 Å². The average molecular weight is 471 g/mol. The molecule has 28 heavy (non-hydrogen) atoms. The first-order chi connectivity index (χ1) is 13.1. The SMILES string of the molecule is COc1ccc(F)cc1S(=O)(=O)N(C)CC(=O)N1c2ccc(Br)cc2C[C@H]1C. The molecule has 1 atom stereocenters. The molecule has 0 radical (unpaired) electrons. The van der Waals surface area contributed by atoms with Crippen LogP contribution in [0.15, 0.2) is 45.8 Å². The monoisotopic (exact) mass is 470 g/mol. The smallest absolute Gasteiger partial charge is 0.247 e. The third-order valence-electron chi connectivity index (χ3n) is 4.70. The molecule has 3 rings (SSSR count). The molecule has 0 N–H and O–H groups in total. The number of benzene rings is 2. The Morgan fingerprint density at radius 2 is 2.04 bits per heavy atom. The number of rotatable bonds is 5. The zero-order valence-corrected chi connectivity index (χ0v) is 18.0. The van der Waals surface area contributed by atoms with Gasteiger partial charge in [-0.3, -0.25) is 4.79 Å². The minimum absolute atomic E-state index is 0.0189. The first-order valence-corrected chi connectivity index (χ1v) is 10.8. The fraction of sp³-hybridized carbons (Fsp3) is 0.316. The highest BCUT2D eigenvalue weighted by Gasteiger charge is 2.34. The fourth-order valence-electron chi connectivity index (χ4n) is 3.35. The van der Waals surface area contributed by atoms with Gasteiger partial charge in [0.15, 0.2) is 0 Å². The predicted octanol–water partition coefficient (Wildman–Crippen LogP) is 3.20. The molecule has 0 aliphatic carbocycles. The Balaban J connectivity index is 1.86. The van der Waals surface area contributed by atoms with Gasteiger partial charge in [0.25, 0.3) is 0 Å². The van der Waals surface area contributed by atoms with Gasteiger partial charge >= 0.3 is 0 Å². The van der Waals surface area contributed by atoms with Crippen molar-refractivity contribution in [2.75, 3.05) is 25.6 Å². The van der Waals surface area contributed by atoms with E-state index in [9.17, 15) is 17.6 Å². The van der Waals surface area contributed by atoms with Gasteiger partial charge in [-0.05, 0) is 55.3 Å². The van der Waals surface area contributed by atoms with E-state index < -0.39 is 15.8 Å². The molecular weight excluding hydrogens is 451 g/mol. The summed E-state index contributed by atoms with van der Waals surface area (Å²) in [6, 6.07) is 8.80. The van der Waals surface area contributed by atoms with Crippen LogP contribution in [0.4, 0.5) is 10.1 Å². The number of amides is 1. The first kappa shape index (κ1) is 20.8. The van der Waals surface area contributed by atoms with E-state index in [2.05, 4.69) is 15.9 Å². The number of hydrogen-bond acceptors (Lipinski definition) is 4. The maximum absolute atomic E-state index is 13.6. The molecule has 2 aromatic carbocycles. The quantitative estimate of drug-likeness (QED) is 0.672. The Bertz CT molecular complexity index is 1030. The maximum Gasteiger partial charge on any atom is 0.247 e. The Kier molecular flexibility index (Phi) is 5.79. The summed E-state index contributed by atoms with van der Waals surface area (Å²) in [6.07, 6.45) is 0.689. The van der Waals surface area contributed by atoms with Crippen molar-refractivity contribution in [1.82, 2.24) is 4.31 Å². The number of halogens is 2. The van der Waals surface area contributed by atoms with Crippen LogP contribution in [0.5, 0.6) is 5.75 Å². The van der Waals surface area contributed by atoms with E-state index in [1.165, 1.54) is 20.2 Å². The summed E-state index contributed by atoms with van der Waals surface area (Å²) in [4.78, 5) is 14.2. The summed E-state index contributed by atoms with van der Waals surface area (Å²) in [6.45, 7) is 1.54. The lowest BCUT2D eigenvalue weighted by Crippen LogP contribution is -2.43. The Labute approximate surface area is 172 Å². The molecule has 0 saturated heterocycles. The molecule has 0 bridgehead atoms. The lowest BCUT2D eigenvalue weighted by atomic mass is 10.1. The zero-order chi connectivity index (χ0) is 20.6. The number of carbonyl (C=O) groups excluding carboxylic acids is 1. The molecule has 150 valence electrons. The summed E-state index contributed by atoms with van der Waals surface area (Å²) < 4.78 is 46.3. The second-order valence-electron chi connectivity index (χ2n) is 6.65. The van der Waals surface area contributed by atoms with Crippen molar-refractivity contribution >= 4 is 37.5 Å². The lowest BCUT2D eigenvalue weighted by molar-refractivity contribution is -0.118. The number of anilines is 1. The highest BCUT2D eigenvalue weighted by atomic mass is 79.9. The number of hydrogen-bond donors (Lipinski definition) is 0. The molecule has 0 aromatic heterocycles. The van der Waals surface area contributed by atoms with E-state index in [0.29, 0.717) is 6.42 Å². The number of likely N-dealkylation sites (N-methyl/N-ethyl adjacent to an activating group) is 1. The molecule has 1 amide bonds. The van der Waals surface area contributed by atoms with Crippen LogP contribution in [0.3, 0.4) is 0 Å². The lowest BCUT2D eigenvalue weighted by Gasteiger charge is -2.26. The Morgan fingerprint density at radius 3 is 2.71 bits per heavy atom. The van der Waals surface area contributed by atoms with E-state index in [1.54, 1.807) is 4.90 Å². The molecular formula is C19H20BrFN2O4S. The Morgan fingerprint density at radius 1 is 1.32 bits per heavy atom. The molecule has 6 nitrogen and oxygen atoms in total. The topological polar surface area (TPSA) is 66.9 Å². The maximum atomic E-state index is 13.6. The number of nitrogens with zero attached hydrogens (tertiary/aromatic N) is 2. The van der Waals surface area contributed by atoms with Gasteiger partial charge in [-0.2, -0.15) is 4.31 Å². The summed E-state index contributed by atoms with van der Waals surface area (Å²) in [5.41, 5.74) is 1.79. The molecule has 1 heterocycles. The summed E-state index contributed by atoms with van der Waals surface area (Å²) in [5, 5.41) is 0. The van der Waals surface area contributed by atoms with Crippen molar-refractivity contribution in [3.8, 4) is 5.75 Å². The molecule has 1 aliphatic heterocycles. The largest absolute Gasteiger partial charge is 0.495 e. The van der Waals surface area contributed by atoms with E-state index in [-0.39, 0.29) is 29.1 Å². The number of ether oxygens (including phenoxy) is 1. The van der Waals surface area contributed by atoms with Gasteiger partial charge in [-0.1, -0.05) is 15.9 Å².